The molecule has 0 atom stereocenters. The summed E-state index contributed by atoms with van der Waals surface area (Å²) >= 11 is 0. The number of nitrogens with zero attached hydrogens (tertiary/aromatic N) is 1. The standard InChI is InChI=1S/C9H8O2.C4H12N/c10-9(11)7-6-8-4-2-1-3-5-8;1-5(2,3)4/h1-7H,(H,10,11);1-4H3/q;+1/p-1. The molecule has 0 aliphatic carbocycles. The van der Waals surface area contributed by atoms with E-state index in [2.05, 4.69) is 28.2 Å². The molecular weight excluding hydrogens is 202 g/mol. The molecule has 0 bridgehead atoms. The first-order valence-electron chi connectivity index (χ1n) is 5.02. The van der Waals surface area contributed by atoms with Crippen molar-refractivity contribution < 1.29 is 14.4 Å². The Morgan fingerprint density at radius 3 is 1.94 bits per heavy atom. The number of carbonyl (C=O) groups is 1. The number of carboxylic acid groups (broad SMARTS) is 1. The van der Waals surface area contributed by atoms with Crippen LogP contribution in [0, 0.1) is 0 Å². The Kier molecular flexibility index (Phi) is 6.11. The first kappa shape index (κ1) is 14.4. The summed E-state index contributed by atoms with van der Waals surface area (Å²) in [5.74, 6) is -1.17. The van der Waals surface area contributed by atoms with E-state index in [4.69, 9.17) is 0 Å². The molecule has 88 valence electrons. The third-order valence-electron chi connectivity index (χ3n) is 1.21. The second-order valence-electron chi connectivity index (χ2n) is 4.75. The second kappa shape index (κ2) is 6.80. The highest BCUT2D eigenvalue weighted by Crippen LogP contribution is 1.99. The van der Waals surface area contributed by atoms with Crippen LogP contribution in [-0.2, 0) is 4.79 Å². The molecule has 1 aromatic rings. The van der Waals surface area contributed by atoms with Gasteiger partial charge in [-0.15, -0.1) is 0 Å². The van der Waals surface area contributed by atoms with Crippen LogP contribution in [0.4, 0.5) is 0 Å². The molecule has 0 aliphatic rings. The van der Waals surface area contributed by atoms with E-state index in [0.717, 1.165) is 16.1 Å². The lowest BCUT2D eigenvalue weighted by molar-refractivity contribution is -0.849. The average Bonchev–Trinajstić information content (AvgIpc) is 2.14. The summed E-state index contributed by atoms with van der Waals surface area (Å²) in [4.78, 5) is 9.97. The van der Waals surface area contributed by atoms with E-state index in [1.165, 1.54) is 6.08 Å². The lowest BCUT2D eigenvalue weighted by Crippen LogP contribution is -2.27. The van der Waals surface area contributed by atoms with Crippen molar-refractivity contribution >= 4 is 12.0 Å². The van der Waals surface area contributed by atoms with Crippen molar-refractivity contribution in [2.24, 2.45) is 0 Å². The molecule has 0 spiro atoms. The number of benzene rings is 1. The molecule has 1 aromatic carbocycles. The third-order valence-corrected chi connectivity index (χ3v) is 1.21. The molecule has 0 unspecified atom stereocenters. The zero-order chi connectivity index (χ0) is 12.6. The lowest BCUT2D eigenvalue weighted by Gasteiger charge is -2.14. The van der Waals surface area contributed by atoms with Crippen LogP contribution in [0.1, 0.15) is 5.56 Å². The Morgan fingerprint density at radius 2 is 1.56 bits per heavy atom. The zero-order valence-electron chi connectivity index (χ0n) is 10.3. The summed E-state index contributed by atoms with van der Waals surface area (Å²) in [7, 11) is 8.50. The number of hydrogen-bond donors (Lipinski definition) is 0. The minimum atomic E-state index is -1.17. The predicted molar refractivity (Wildman–Crippen MR) is 64.4 cm³/mol. The fraction of sp³-hybridized carbons (Fsp3) is 0.308. The van der Waals surface area contributed by atoms with Crippen molar-refractivity contribution in [1.82, 2.24) is 0 Å². The molecule has 0 aliphatic heterocycles. The van der Waals surface area contributed by atoms with Gasteiger partial charge in [-0.3, -0.25) is 0 Å². The van der Waals surface area contributed by atoms with Crippen LogP contribution in [-0.4, -0.2) is 38.6 Å². The minimum absolute atomic E-state index is 0.858. The van der Waals surface area contributed by atoms with Crippen molar-refractivity contribution in [3.8, 4) is 0 Å². The van der Waals surface area contributed by atoms with E-state index in [1.807, 2.05) is 30.3 Å². The fourth-order valence-corrected chi connectivity index (χ4v) is 0.728. The summed E-state index contributed by atoms with van der Waals surface area (Å²) in [6.45, 7) is 0. The van der Waals surface area contributed by atoms with E-state index in [9.17, 15) is 9.90 Å². The molecule has 16 heavy (non-hydrogen) atoms. The molecule has 0 heterocycles. The monoisotopic (exact) mass is 221 g/mol. The normalized spacial score (nSPS) is 10.8. The van der Waals surface area contributed by atoms with Gasteiger partial charge in [-0.2, -0.15) is 0 Å². The van der Waals surface area contributed by atoms with Crippen LogP contribution in [0.2, 0.25) is 0 Å². The molecular formula is C13H19NO2. The largest absolute Gasteiger partial charge is 0.545 e. The zero-order valence-corrected chi connectivity index (χ0v) is 10.3. The van der Waals surface area contributed by atoms with E-state index in [-0.39, 0.29) is 0 Å². The SMILES string of the molecule is C[N+](C)(C)C.O=C([O-])C=Cc1ccccc1. The van der Waals surface area contributed by atoms with Crippen molar-refractivity contribution in [2.45, 2.75) is 0 Å². The maximum Gasteiger partial charge on any atom is 0.0675 e. The van der Waals surface area contributed by atoms with E-state index < -0.39 is 5.97 Å². The number of rotatable bonds is 2. The number of aliphatic carboxylic acids is 1. The van der Waals surface area contributed by atoms with Gasteiger partial charge in [0.05, 0.1) is 34.2 Å². The second-order valence-corrected chi connectivity index (χ2v) is 4.75. The minimum Gasteiger partial charge on any atom is -0.545 e. The van der Waals surface area contributed by atoms with E-state index in [0.29, 0.717) is 0 Å². The first-order chi connectivity index (χ1) is 7.29. The highest BCUT2D eigenvalue weighted by molar-refractivity contribution is 5.83. The Balaban J connectivity index is 0.000000385. The first-order valence-corrected chi connectivity index (χ1v) is 5.02. The predicted octanol–water partition coefficient (Wildman–Crippen LogP) is 0.772. The van der Waals surface area contributed by atoms with Gasteiger partial charge in [0.2, 0.25) is 0 Å². The van der Waals surface area contributed by atoms with Crippen LogP contribution >= 0.6 is 0 Å². The Hall–Kier alpha value is -1.61. The molecule has 0 aromatic heterocycles. The smallest absolute Gasteiger partial charge is 0.0675 e. The summed E-state index contributed by atoms with van der Waals surface area (Å²) in [6.07, 6.45) is 2.50. The summed E-state index contributed by atoms with van der Waals surface area (Å²) in [5.41, 5.74) is 0.858. The van der Waals surface area contributed by atoms with Gasteiger partial charge in [-0.1, -0.05) is 36.4 Å². The fourth-order valence-electron chi connectivity index (χ4n) is 0.728. The Bertz CT molecular complexity index is 331. The molecule has 0 radical (unpaired) electrons. The topological polar surface area (TPSA) is 40.1 Å². The quantitative estimate of drug-likeness (QED) is 0.547. The maximum atomic E-state index is 9.97. The van der Waals surface area contributed by atoms with Gasteiger partial charge in [0.15, 0.2) is 0 Å². The molecule has 0 saturated heterocycles. The molecule has 3 heteroatoms. The van der Waals surface area contributed by atoms with Crippen molar-refractivity contribution in [3.05, 3.63) is 42.0 Å². The van der Waals surface area contributed by atoms with Crippen LogP contribution in [0.15, 0.2) is 36.4 Å². The summed E-state index contributed by atoms with van der Waals surface area (Å²) in [6, 6.07) is 9.19. The Labute approximate surface area is 97.2 Å². The van der Waals surface area contributed by atoms with Crippen molar-refractivity contribution in [2.75, 3.05) is 28.2 Å². The van der Waals surface area contributed by atoms with Crippen molar-refractivity contribution in [3.63, 3.8) is 0 Å². The van der Waals surface area contributed by atoms with Crippen LogP contribution in [0.25, 0.3) is 6.08 Å². The van der Waals surface area contributed by atoms with Crippen LogP contribution in [0.5, 0.6) is 0 Å². The molecule has 0 amide bonds. The van der Waals surface area contributed by atoms with Gasteiger partial charge < -0.3 is 14.4 Å². The van der Waals surface area contributed by atoms with Crippen molar-refractivity contribution in [1.29, 1.82) is 0 Å². The van der Waals surface area contributed by atoms with Crippen LogP contribution < -0.4 is 5.11 Å². The van der Waals surface area contributed by atoms with Crippen LogP contribution in [0.3, 0.4) is 0 Å². The molecule has 0 N–H and O–H groups in total. The maximum absolute atomic E-state index is 9.97. The lowest BCUT2D eigenvalue weighted by atomic mass is 10.2. The number of quaternary nitrogens is 1. The number of carbonyl (C=O) groups excluding carboxylic acids is 1. The number of hydrogen-bond acceptors (Lipinski definition) is 2. The molecule has 0 fully saturated rings. The molecule has 1 rings (SSSR count). The highest BCUT2D eigenvalue weighted by atomic mass is 16.4. The summed E-state index contributed by atoms with van der Waals surface area (Å²) in [5, 5.41) is 9.97. The van der Waals surface area contributed by atoms with E-state index in [1.54, 1.807) is 0 Å². The van der Waals surface area contributed by atoms with Gasteiger partial charge in [0.1, 0.15) is 0 Å². The van der Waals surface area contributed by atoms with Gasteiger partial charge in [-0.25, -0.2) is 0 Å². The van der Waals surface area contributed by atoms with Gasteiger partial charge in [-0.05, 0) is 11.6 Å². The number of carboxylic acids is 1. The Morgan fingerprint density at radius 1 is 1.12 bits per heavy atom. The van der Waals surface area contributed by atoms with Gasteiger partial charge in [0, 0.05) is 0 Å². The van der Waals surface area contributed by atoms with Gasteiger partial charge >= 0.3 is 0 Å². The molecule has 3 nitrogen and oxygen atoms in total. The van der Waals surface area contributed by atoms with Gasteiger partial charge in [0.25, 0.3) is 0 Å². The van der Waals surface area contributed by atoms with E-state index >= 15 is 0 Å². The highest BCUT2D eigenvalue weighted by Gasteiger charge is 1.88. The summed E-state index contributed by atoms with van der Waals surface area (Å²) < 4.78 is 1.00. The molecule has 0 saturated carbocycles. The third kappa shape index (κ3) is 12.4. The average molecular weight is 221 g/mol.